The van der Waals surface area contributed by atoms with Gasteiger partial charge < -0.3 is 5.32 Å². The molecule has 1 saturated carbocycles. The molecule has 3 heterocycles. The second kappa shape index (κ2) is 6.34. The normalized spacial score (nSPS) is 24.4. The van der Waals surface area contributed by atoms with Gasteiger partial charge in [0, 0.05) is 30.7 Å². The van der Waals surface area contributed by atoms with Crippen LogP contribution in [0, 0.1) is 6.92 Å². The van der Waals surface area contributed by atoms with Crippen molar-refractivity contribution in [3.8, 4) is 0 Å². The lowest BCUT2D eigenvalue weighted by Gasteiger charge is -2.35. The van der Waals surface area contributed by atoms with E-state index in [0.29, 0.717) is 6.04 Å². The Morgan fingerprint density at radius 3 is 2.50 bits per heavy atom. The first-order chi connectivity index (χ1) is 12.5. The summed E-state index contributed by atoms with van der Waals surface area (Å²) in [5.74, 6) is 1.79. The molecule has 6 nitrogen and oxygen atoms in total. The van der Waals surface area contributed by atoms with Crippen molar-refractivity contribution < 1.29 is 4.79 Å². The summed E-state index contributed by atoms with van der Waals surface area (Å²) >= 11 is 0. The van der Waals surface area contributed by atoms with Gasteiger partial charge in [0.25, 0.3) is 0 Å². The van der Waals surface area contributed by atoms with Gasteiger partial charge in [-0.25, -0.2) is 9.97 Å². The van der Waals surface area contributed by atoms with Gasteiger partial charge in [-0.3, -0.25) is 14.7 Å². The fourth-order valence-electron chi connectivity index (χ4n) is 4.03. The van der Waals surface area contributed by atoms with E-state index in [1.807, 2.05) is 37.9 Å². The highest BCUT2D eigenvalue weighted by Gasteiger charge is 2.49. The first-order valence-corrected chi connectivity index (χ1v) is 9.31. The summed E-state index contributed by atoms with van der Waals surface area (Å²) in [4.78, 5) is 28.3. The molecule has 6 heteroatoms. The molecule has 136 valence electrons. The van der Waals surface area contributed by atoms with Gasteiger partial charge in [0.15, 0.2) is 5.82 Å². The Balaban J connectivity index is 1.45. The molecule has 0 atom stereocenters. The summed E-state index contributed by atoms with van der Waals surface area (Å²) in [5, 5.41) is 3.52. The summed E-state index contributed by atoms with van der Waals surface area (Å²) < 4.78 is 0. The Kier molecular flexibility index (Phi) is 4.13. The van der Waals surface area contributed by atoms with Crippen molar-refractivity contribution in [3.05, 3.63) is 42.0 Å². The number of anilines is 2. The van der Waals surface area contributed by atoms with E-state index in [2.05, 4.69) is 26.3 Å². The second-order valence-corrected chi connectivity index (χ2v) is 7.90. The van der Waals surface area contributed by atoms with Crippen LogP contribution >= 0.6 is 0 Å². The summed E-state index contributed by atoms with van der Waals surface area (Å²) in [6.45, 7) is 5.93. The maximum absolute atomic E-state index is 13.0. The quantitative estimate of drug-likeness (QED) is 0.919. The number of hydrogen-bond acceptors (Lipinski definition) is 5. The van der Waals surface area contributed by atoms with Crippen LogP contribution in [0.4, 0.5) is 11.6 Å². The summed E-state index contributed by atoms with van der Waals surface area (Å²) in [7, 11) is 0. The van der Waals surface area contributed by atoms with E-state index in [9.17, 15) is 4.79 Å². The highest BCUT2D eigenvalue weighted by atomic mass is 16.2. The molecule has 1 fully saturated rings. The average Bonchev–Trinajstić information content (AvgIpc) is 2.85. The average molecular weight is 351 g/mol. The predicted octanol–water partition coefficient (Wildman–Crippen LogP) is 3.23. The van der Waals surface area contributed by atoms with Crippen LogP contribution in [0.25, 0.3) is 0 Å². The molecule has 0 spiro atoms. The Labute approximate surface area is 154 Å². The van der Waals surface area contributed by atoms with Crippen molar-refractivity contribution in [1.29, 1.82) is 0 Å². The van der Waals surface area contributed by atoms with Crippen LogP contribution < -0.4 is 10.2 Å². The first-order valence-electron chi connectivity index (χ1n) is 9.31. The zero-order valence-corrected chi connectivity index (χ0v) is 15.6. The number of aryl methyl sites for hydroxylation is 1. The molecule has 0 saturated heterocycles. The first kappa shape index (κ1) is 16.9. The zero-order chi connectivity index (χ0) is 18.3. The van der Waals surface area contributed by atoms with Crippen molar-refractivity contribution in [1.82, 2.24) is 15.0 Å². The number of hydrogen-bond donors (Lipinski definition) is 1. The SMILES string of the molecule is Cc1ccc(N[C@H]2CC[C@@H](N3C(=O)C(C)(C)c4nccnc43)CC2)nc1. The minimum Gasteiger partial charge on any atom is -0.367 e. The van der Waals surface area contributed by atoms with Gasteiger partial charge in [0.05, 0.1) is 11.1 Å². The number of rotatable bonds is 3. The lowest BCUT2D eigenvalue weighted by Crippen LogP contribution is -2.46. The smallest absolute Gasteiger partial charge is 0.240 e. The fraction of sp³-hybridized carbons (Fsp3) is 0.500. The zero-order valence-electron chi connectivity index (χ0n) is 15.6. The Bertz CT molecular complexity index is 809. The van der Waals surface area contributed by atoms with E-state index >= 15 is 0 Å². The lowest BCUT2D eigenvalue weighted by molar-refractivity contribution is -0.122. The van der Waals surface area contributed by atoms with Crippen molar-refractivity contribution in [2.75, 3.05) is 10.2 Å². The molecule has 1 aliphatic heterocycles. The molecule has 26 heavy (non-hydrogen) atoms. The van der Waals surface area contributed by atoms with E-state index in [1.165, 1.54) is 0 Å². The topological polar surface area (TPSA) is 71.0 Å². The van der Waals surface area contributed by atoms with Gasteiger partial charge in [-0.15, -0.1) is 0 Å². The van der Waals surface area contributed by atoms with Crippen molar-refractivity contribution >= 4 is 17.5 Å². The highest BCUT2D eigenvalue weighted by molar-refractivity contribution is 6.06. The Hall–Kier alpha value is -2.50. The van der Waals surface area contributed by atoms with Gasteiger partial charge in [0.2, 0.25) is 5.91 Å². The molecular formula is C20H25N5O. The molecule has 0 aromatic carbocycles. The number of nitrogens with one attached hydrogen (secondary N) is 1. The fourth-order valence-corrected chi connectivity index (χ4v) is 4.03. The van der Waals surface area contributed by atoms with Crippen LogP contribution in [0.5, 0.6) is 0 Å². The van der Waals surface area contributed by atoms with Gasteiger partial charge >= 0.3 is 0 Å². The molecule has 4 rings (SSSR count). The van der Waals surface area contributed by atoms with E-state index in [1.54, 1.807) is 12.4 Å². The Morgan fingerprint density at radius 2 is 1.81 bits per heavy atom. The molecule has 0 radical (unpaired) electrons. The van der Waals surface area contributed by atoms with Crippen LogP contribution in [0.3, 0.4) is 0 Å². The van der Waals surface area contributed by atoms with E-state index in [0.717, 1.165) is 48.6 Å². The maximum atomic E-state index is 13.0. The number of aromatic nitrogens is 3. The van der Waals surface area contributed by atoms with Crippen LogP contribution in [0.15, 0.2) is 30.7 Å². The third-order valence-electron chi connectivity index (χ3n) is 5.58. The van der Waals surface area contributed by atoms with Crippen molar-refractivity contribution in [3.63, 3.8) is 0 Å². The predicted molar refractivity (Wildman–Crippen MR) is 101 cm³/mol. The standard InChI is InChI=1S/C20H25N5O/c1-13-4-9-16(23-12-13)24-14-5-7-15(8-6-14)25-18-17(21-10-11-22-18)20(2,3)19(25)26/h4,9-12,14-15H,5-8H2,1-3H3,(H,23,24)/t14-,15+. The Morgan fingerprint density at radius 1 is 1.08 bits per heavy atom. The second-order valence-electron chi connectivity index (χ2n) is 7.90. The van der Waals surface area contributed by atoms with Crippen LogP contribution in [-0.2, 0) is 10.2 Å². The summed E-state index contributed by atoms with van der Waals surface area (Å²) in [6, 6.07) is 4.69. The number of amides is 1. The molecular weight excluding hydrogens is 326 g/mol. The summed E-state index contributed by atoms with van der Waals surface area (Å²) in [6.07, 6.45) is 9.18. The number of nitrogens with zero attached hydrogens (tertiary/aromatic N) is 4. The third kappa shape index (κ3) is 2.83. The highest BCUT2D eigenvalue weighted by Crippen LogP contribution is 2.42. The number of carbonyl (C=O) groups excluding carboxylic acids is 1. The molecule has 1 aliphatic carbocycles. The molecule has 2 aliphatic rings. The van der Waals surface area contributed by atoms with E-state index in [-0.39, 0.29) is 11.9 Å². The minimum absolute atomic E-state index is 0.121. The number of carbonyl (C=O) groups is 1. The van der Waals surface area contributed by atoms with Crippen LogP contribution in [0.1, 0.15) is 50.8 Å². The molecule has 2 aromatic heterocycles. The monoisotopic (exact) mass is 351 g/mol. The van der Waals surface area contributed by atoms with Crippen molar-refractivity contribution in [2.24, 2.45) is 0 Å². The minimum atomic E-state index is -0.593. The summed E-state index contributed by atoms with van der Waals surface area (Å²) in [5.41, 5.74) is 1.37. The largest absolute Gasteiger partial charge is 0.367 e. The van der Waals surface area contributed by atoms with Crippen LogP contribution in [-0.4, -0.2) is 32.9 Å². The van der Waals surface area contributed by atoms with Gasteiger partial charge in [-0.1, -0.05) is 6.07 Å². The van der Waals surface area contributed by atoms with E-state index in [4.69, 9.17) is 0 Å². The number of pyridine rings is 1. The molecule has 0 bridgehead atoms. The molecule has 1 N–H and O–H groups in total. The third-order valence-corrected chi connectivity index (χ3v) is 5.58. The number of fused-ring (bicyclic) bond motifs is 1. The van der Waals surface area contributed by atoms with Crippen LogP contribution in [0.2, 0.25) is 0 Å². The van der Waals surface area contributed by atoms with Crippen molar-refractivity contribution in [2.45, 2.75) is 64.0 Å². The van der Waals surface area contributed by atoms with Gasteiger partial charge in [-0.05, 0) is 58.1 Å². The molecule has 0 unspecified atom stereocenters. The molecule has 2 aromatic rings. The van der Waals surface area contributed by atoms with Gasteiger partial charge in [0.1, 0.15) is 5.82 Å². The maximum Gasteiger partial charge on any atom is 0.240 e. The van der Waals surface area contributed by atoms with Gasteiger partial charge in [-0.2, -0.15) is 0 Å². The molecule has 1 amide bonds. The van der Waals surface area contributed by atoms with E-state index < -0.39 is 5.41 Å². The lowest BCUT2D eigenvalue weighted by atomic mass is 9.88.